The molecule has 0 aromatic heterocycles. The van der Waals surface area contributed by atoms with E-state index in [1.54, 1.807) is 48.5 Å². The third kappa shape index (κ3) is 10.4. The maximum atomic E-state index is 10.9. The molecule has 0 saturated heterocycles. The summed E-state index contributed by atoms with van der Waals surface area (Å²) in [5.41, 5.74) is 8.87. The zero-order chi connectivity index (χ0) is 30.6. The van der Waals surface area contributed by atoms with Gasteiger partial charge < -0.3 is 11.9 Å². The fourth-order valence-electron chi connectivity index (χ4n) is 3.87. The summed E-state index contributed by atoms with van der Waals surface area (Å²) >= 11 is 0. The molecule has 0 atom stereocenters. The molecule has 15 heteroatoms. The van der Waals surface area contributed by atoms with Gasteiger partial charge in [-0.3, -0.25) is 45.4 Å². The van der Waals surface area contributed by atoms with Gasteiger partial charge in [0, 0.05) is 74.7 Å². The monoisotopic (exact) mass is 591 g/mol. The highest BCUT2D eigenvalue weighted by Crippen LogP contribution is 2.20. The second-order valence-corrected chi connectivity index (χ2v) is 9.04. The molecule has 0 fully saturated rings. The van der Waals surface area contributed by atoms with Crippen LogP contribution in [0.15, 0.2) is 97.1 Å². The minimum atomic E-state index is -0.463. The Balaban J connectivity index is 0.000000454. The minimum Gasteiger partial charge on any atom is -0.344 e. The van der Waals surface area contributed by atoms with Crippen LogP contribution in [0.25, 0.3) is 0 Å². The van der Waals surface area contributed by atoms with E-state index in [2.05, 4.69) is 0 Å². The van der Waals surface area contributed by atoms with E-state index in [9.17, 15) is 40.5 Å². The van der Waals surface area contributed by atoms with Gasteiger partial charge in [0.15, 0.2) is 0 Å². The number of nitro groups is 4. The molecule has 0 saturated carbocycles. The van der Waals surface area contributed by atoms with Gasteiger partial charge in [-0.05, 0) is 22.3 Å². The van der Waals surface area contributed by atoms with Crippen LogP contribution in [0.4, 0.5) is 22.7 Å². The molecule has 4 rings (SSSR count). The lowest BCUT2D eigenvalue weighted by Crippen LogP contribution is -2.22. The van der Waals surface area contributed by atoms with E-state index in [-0.39, 0.29) is 28.9 Å². The first-order valence-electron chi connectivity index (χ1n) is 12.4. The molecule has 43 heavy (non-hydrogen) atoms. The van der Waals surface area contributed by atoms with Crippen molar-refractivity contribution in [2.45, 2.75) is 26.2 Å². The van der Waals surface area contributed by atoms with Gasteiger partial charge >= 0.3 is 0 Å². The normalized spacial score (nSPS) is 10.2. The van der Waals surface area contributed by atoms with Gasteiger partial charge in [0.25, 0.3) is 22.7 Å². The Morgan fingerprint density at radius 2 is 0.651 bits per heavy atom. The van der Waals surface area contributed by atoms with Crippen LogP contribution in [0, 0.1) is 40.5 Å². The van der Waals surface area contributed by atoms with Gasteiger partial charge in [-0.15, -0.1) is 0 Å². The zero-order valence-electron chi connectivity index (χ0n) is 22.9. The maximum Gasteiger partial charge on any atom is 0.269 e. The van der Waals surface area contributed by atoms with Crippen molar-refractivity contribution in [3.05, 3.63) is 160 Å². The quantitative estimate of drug-likeness (QED) is 0.155. The first-order chi connectivity index (χ1) is 20.0. The zero-order valence-corrected chi connectivity index (χ0v) is 22.9. The molecule has 0 aliphatic heterocycles. The molecule has 0 radical (unpaired) electrons. The molecular formula is C28H29N7O8. The fraction of sp³-hybridized carbons (Fsp3) is 0.143. The number of hydrogen-bond donors (Lipinski definition) is 2. The Hall–Kier alpha value is -5.64. The van der Waals surface area contributed by atoms with E-state index in [4.69, 9.17) is 5.73 Å². The summed E-state index contributed by atoms with van der Waals surface area (Å²) in [5, 5.41) is 42.8. The number of benzene rings is 4. The van der Waals surface area contributed by atoms with Crippen LogP contribution >= 0.6 is 0 Å². The highest BCUT2D eigenvalue weighted by atomic mass is 16.6. The van der Waals surface area contributed by atoms with Gasteiger partial charge in [-0.25, -0.2) is 0 Å². The number of rotatable bonds is 11. The molecule has 5 N–H and O–H groups in total. The molecule has 0 amide bonds. The Kier molecular flexibility index (Phi) is 12.5. The van der Waals surface area contributed by atoms with Crippen molar-refractivity contribution in [1.29, 1.82) is 0 Å². The first-order valence-corrected chi connectivity index (χ1v) is 12.4. The number of nitro benzene ring substituents is 4. The second-order valence-electron chi connectivity index (χ2n) is 9.04. The Labute approximate surface area is 245 Å². The van der Waals surface area contributed by atoms with Gasteiger partial charge in [0.05, 0.1) is 19.7 Å². The van der Waals surface area contributed by atoms with Crippen molar-refractivity contribution in [3.63, 3.8) is 0 Å². The summed E-state index contributed by atoms with van der Waals surface area (Å²) in [6.07, 6.45) is 0. The third-order valence-corrected chi connectivity index (χ3v) is 6.04. The van der Waals surface area contributed by atoms with E-state index in [1.807, 2.05) is 4.90 Å². The largest absolute Gasteiger partial charge is 0.344 e. The van der Waals surface area contributed by atoms with Gasteiger partial charge in [0.2, 0.25) is 0 Å². The van der Waals surface area contributed by atoms with Crippen molar-refractivity contribution in [3.8, 4) is 0 Å². The summed E-state index contributed by atoms with van der Waals surface area (Å²) in [6, 6.07) is 24.9. The SMILES string of the molecule is N.NCc1ccc([N+](=O)[O-])cc1.O=[N+]([O-])c1ccc(CN(Cc2ccc([N+](=O)[O-])cc2)Cc2ccc([N+](=O)[O-])cc2)cc1. The lowest BCUT2D eigenvalue weighted by atomic mass is 10.1. The molecule has 0 spiro atoms. The van der Waals surface area contributed by atoms with Crippen LogP contribution in [-0.4, -0.2) is 24.6 Å². The maximum absolute atomic E-state index is 10.9. The van der Waals surface area contributed by atoms with Crippen molar-refractivity contribution in [2.24, 2.45) is 5.73 Å². The number of nitrogens with two attached hydrogens (primary N) is 1. The van der Waals surface area contributed by atoms with E-state index in [0.717, 1.165) is 22.3 Å². The van der Waals surface area contributed by atoms with E-state index >= 15 is 0 Å². The fourth-order valence-corrected chi connectivity index (χ4v) is 3.87. The Bertz CT molecular complexity index is 1390. The van der Waals surface area contributed by atoms with Crippen molar-refractivity contribution >= 4 is 22.7 Å². The molecule has 0 bridgehead atoms. The number of nitrogens with zero attached hydrogens (tertiary/aromatic N) is 5. The molecule has 0 unspecified atom stereocenters. The smallest absolute Gasteiger partial charge is 0.269 e. The molecule has 0 aliphatic carbocycles. The summed E-state index contributed by atoms with van der Waals surface area (Å²) in [4.78, 5) is 43.0. The predicted octanol–water partition coefficient (Wildman–Crippen LogP) is 5.83. The highest BCUT2D eigenvalue weighted by Gasteiger charge is 2.13. The second kappa shape index (κ2) is 16.0. The van der Waals surface area contributed by atoms with Gasteiger partial charge in [0.1, 0.15) is 0 Å². The van der Waals surface area contributed by atoms with Gasteiger partial charge in [-0.2, -0.15) is 0 Å². The lowest BCUT2D eigenvalue weighted by molar-refractivity contribution is -0.385. The first kappa shape index (κ1) is 33.6. The van der Waals surface area contributed by atoms with Crippen LogP contribution in [0.2, 0.25) is 0 Å². The topological polar surface area (TPSA) is 237 Å². The molecule has 15 nitrogen and oxygen atoms in total. The van der Waals surface area contributed by atoms with Gasteiger partial charge in [-0.1, -0.05) is 48.5 Å². The van der Waals surface area contributed by atoms with Crippen molar-refractivity contribution in [1.82, 2.24) is 11.1 Å². The Morgan fingerprint density at radius 3 is 0.837 bits per heavy atom. The molecular weight excluding hydrogens is 562 g/mol. The van der Waals surface area contributed by atoms with E-state index in [0.29, 0.717) is 26.2 Å². The Morgan fingerprint density at radius 1 is 0.442 bits per heavy atom. The highest BCUT2D eigenvalue weighted by molar-refractivity contribution is 5.36. The average Bonchev–Trinajstić information content (AvgIpc) is 2.98. The summed E-state index contributed by atoms with van der Waals surface area (Å²) in [5.74, 6) is 0. The van der Waals surface area contributed by atoms with E-state index in [1.165, 1.54) is 48.5 Å². The molecule has 224 valence electrons. The third-order valence-electron chi connectivity index (χ3n) is 6.04. The average molecular weight is 592 g/mol. The molecule has 0 heterocycles. The van der Waals surface area contributed by atoms with Crippen molar-refractivity contribution < 1.29 is 19.7 Å². The predicted molar refractivity (Wildman–Crippen MR) is 158 cm³/mol. The van der Waals surface area contributed by atoms with Crippen LogP contribution in [0.1, 0.15) is 22.3 Å². The lowest BCUT2D eigenvalue weighted by Gasteiger charge is -2.23. The minimum absolute atomic E-state index is 0. The van der Waals surface area contributed by atoms with Crippen LogP contribution < -0.4 is 11.9 Å². The van der Waals surface area contributed by atoms with Crippen molar-refractivity contribution in [2.75, 3.05) is 0 Å². The van der Waals surface area contributed by atoms with Crippen LogP contribution in [0.5, 0.6) is 0 Å². The number of non-ortho nitro benzene ring substituents is 4. The van der Waals surface area contributed by atoms with E-state index < -0.39 is 19.7 Å². The summed E-state index contributed by atoms with van der Waals surface area (Å²) in [6.45, 7) is 1.81. The van der Waals surface area contributed by atoms with Crippen LogP contribution in [-0.2, 0) is 26.2 Å². The number of hydrogen-bond acceptors (Lipinski definition) is 11. The summed E-state index contributed by atoms with van der Waals surface area (Å²) in [7, 11) is 0. The summed E-state index contributed by atoms with van der Waals surface area (Å²) < 4.78 is 0. The van der Waals surface area contributed by atoms with Crippen LogP contribution in [0.3, 0.4) is 0 Å². The molecule has 4 aromatic carbocycles. The standard InChI is InChI=1S/C21H18N4O6.C7H8N2O2.H3N/c26-23(27)19-7-1-16(2-8-19)13-22(14-17-3-9-20(10-4-17)24(28)29)15-18-5-11-21(12-6-18)25(30)31;8-5-6-1-3-7(4-2-6)9(10)11;/h1-12H,13-15H2;1-4H,5,8H2;1H3. The molecule has 4 aromatic rings. The molecule has 0 aliphatic rings.